The first-order chi connectivity index (χ1) is 7.67. The molecule has 1 aliphatic rings. The number of hydrogen-bond donors (Lipinski definition) is 2. The molecule has 0 amide bonds. The minimum Gasteiger partial charge on any atom is -0.396 e. The normalized spacial score (nSPS) is 20.8. The Morgan fingerprint density at radius 1 is 1.44 bits per heavy atom. The molecule has 0 bridgehead atoms. The molecule has 1 aromatic rings. The number of aliphatic hydroxyl groups is 2. The van der Waals surface area contributed by atoms with E-state index >= 15 is 0 Å². The number of anilines is 1. The summed E-state index contributed by atoms with van der Waals surface area (Å²) in [7, 11) is 1.90. The molecule has 5 heteroatoms. The van der Waals surface area contributed by atoms with Gasteiger partial charge in [-0.2, -0.15) is 5.10 Å². The maximum atomic E-state index is 9.37. The summed E-state index contributed by atoms with van der Waals surface area (Å²) in [5.41, 5.74) is 1.79. The quantitative estimate of drug-likeness (QED) is 0.762. The Hall–Kier alpha value is -1.07. The third-order valence-electron chi connectivity index (χ3n) is 3.31. The molecule has 1 aliphatic heterocycles. The number of nitrogens with zero attached hydrogens (tertiary/aromatic N) is 3. The van der Waals surface area contributed by atoms with Gasteiger partial charge >= 0.3 is 0 Å². The van der Waals surface area contributed by atoms with Crippen LogP contribution in [0.15, 0.2) is 0 Å². The van der Waals surface area contributed by atoms with Gasteiger partial charge < -0.3 is 15.1 Å². The van der Waals surface area contributed by atoms with E-state index in [0.717, 1.165) is 36.6 Å². The molecule has 1 saturated heterocycles. The van der Waals surface area contributed by atoms with E-state index in [2.05, 4.69) is 10.00 Å². The Balaban J connectivity index is 2.27. The zero-order chi connectivity index (χ0) is 11.7. The van der Waals surface area contributed by atoms with E-state index in [0.29, 0.717) is 5.92 Å². The third kappa shape index (κ3) is 1.81. The summed E-state index contributed by atoms with van der Waals surface area (Å²) < 4.78 is 1.82. The Morgan fingerprint density at radius 3 is 2.75 bits per heavy atom. The molecule has 90 valence electrons. The molecule has 2 N–H and O–H groups in total. The van der Waals surface area contributed by atoms with Crippen LogP contribution in [0.3, 0.4) is 0 Å². The molecule has 2 rings (SSSR count). The van der Waals surface area contributed by atoms with Crippen LogP contribution in [-0.4, -0.2) is 39.7 Å². The van der Waals surface area contributed by atoms with E-state index in [4.69, 9.17) is 5.11 Å². The molecule has 16 heavy (non-hydrogen) atoms. The van der Waals surface area contributed by atoms with Gasteiger partial charge in [0.2, 0.25) is 0 Å². The second-order valence-corrected chi connectivity index (χ2v) is 4.45. The van der Waals surface area contributed by atoms with E-state index in [1.54, 1.807) is 0 Å². The summed E-state index contributed by atoms with van der Waals surface area (Å²) >= 11 is 0. The molecule has 1 aromatic heterocycles. The maximum absolute atomic E-state index is 9.37. The van der Waals surface area contributed by atoms with Crippen molar-refractivity contribution in [2.75, 3.05) is 24.6 Å². The summed E-state index contributed by atoms with van der Waals surface area (Å²) in [6.07, 6.45) is 1.01. The topological polar surface area (TPSA) is 61.5 Å². The van der Waals surface area contributed by atoms with Crippen LogP contribution in [0.2, 0.25) is 0 Å². The zero-order valence-electron chi connectivity index (χ0n) is 9.85. The number of aliphatic hydroxyl groups excluding tert-OH is 2. The van der Waals surface area contributed by atoms with Gasteiger partial charge in [-0.3, -0.25) is 4.68 Å². The lowest BCUT2D eigenvalue weighted by Gasteiger charge is -2.19. The lowest BCUT2D eigenvalue weighted by atomic mass is 10.1. The summed E-state index contributed by atoms with van der Waals surface area (Å²) in [5.74, 6) is 1.35. The van der Waals surface area contributed by atoms with Gasteiger partial charge in [0.05, 0.1) is 12.3 Å². The minimum absolute atomic E-state index is 0.0231. The highest BCUT2D eigenvalue weighted by atomic mass is 16.3. The smallest absolute Gasteiger partial charge is 0.132 e. The third-order valence-corrected chi connectivity index (χ3v) is 3.31. The van der Waals surface area contributed by atoms with E-state index in [1.807, 2.05) is 18.7 Å². The molecule has 1 unspecified atom stereocenters. The first-order valence-corrected chi connectivity index (χ1v) is 5.66. The van der Waals surface area contributed by atoms with Crippen molar-refractivity contribution in [2.45, 2.75) is 20.0 Å². The SMILES string of the molecule is Cc1nn(C)c(N2CCC(CO)C2)c1CO. The van der Waals surface area contributed by atoms with E-state index in [1.165, 1.54) is 0 Å². The van der Waals surface area contributed by atoms with Crippen LogP contribution in [-0.2, 0) is 13.7 Å². The molecule has 0 saturated carbocycles. The summed E-state index contributed by atoms with van der Waals surface area (Å²) in [6.45, 7) is 3.95. The second kappa shape index (κ2) is 4.43. The molecule has 0 aliphatic carbocycles. The van der Waals surface area contributed by atoms with Crippen molar-refractivity contribution in [3.63, 3.8) is 0 Å². The molecule has 1 atom stereocenters. The van der Waals surface area contributed by atoms with Crippen LogP contribution in [0.25, 0.3) is 0 Å². The molecule has 5 nitrogen and oxygen atoms in total. The van der Waals surface area contributed by atoms with Crippen molar-refractivity contribution in [1.29, 1.82) is 0 Å². The molecular weight excluding hydrogens is 206 g/mol. The van der Waals surface area contributed by atoms with E-state index in [9.17, 15) is 5.11 Å². The molecular formula is C11H19N3O2. The monoisotopic (exact) mass is 225 g/mol. The van der Waals surface area contributed by atoms with Crippen LogP contribution in [0, 0.1) is 12.8 Å². The van der Waals surface area contributed by atoms with Crippen molar-refractivity contribution in [1.82, 2.24) is 9.78 Å². The number of rotatable bonds is 3. The number of aryl methyl sites for hydroxylation is 2. The first kappa shape index (κ1) is 11.4. The Kier molecular flexibility index (Phi) is 3.16. The average molecular weight is 225 g/mol. The fourth-order valence-corrected chi connectivity index (χ4v) is 2.44. The molecule has 1 fully saturated rings. The summed E-state index contributed by atoms with van der Waals surface area (Å²) in [4.78, 5) is 2.20. The van der Waals surface area contributed by atoms with Crippen LogP contribution in [0.1, 0.15) is 17.7 Å². The highest BCUT2D eigenvalue weighted by Gasteiger charge is 2.26. The molecule has 0 aromatic carbocycles. The van der Waals surface area contributed by atoms with E-state index < -0.39 is 0 Å². The van der Waals surface area contributed by atoms with Gasteiger partial charge in [-0.25, -0.2) is 0 Å². The predicted molar refractivity (Wildman–Crippen MR) is 61.3 cm³/mol. The van der Waals surface area contributed by atoms with Gasteiger partial charge in [-0.1, -0.05) is 0 Å². The summed E-state index contributed by atoms with van der Waals surface area (Å²) in [6, 6.07) is 0. The molecule has 0 spiro atoms. The van der Waals surface area contributed by atoms with Gasteiger partial charge in [0, 0.05) is 38.2 Å². The van der Waals surface area contributed by atoms with Gasteiger partial charge in [0.15, 0.2) is 0 Å². The molecule has 2 heterocycles. The van der Waals surface area contributed by atoms with Crippen LogP contribution < -0.4 is 4.90 Å². The van der Waals surface area contributed by atoms with Crippen molar-refractivity contribution >= 4 is 5.82 Å². The largest absolute Gasteiger partial charge is 0.396 e. The average Bonchev–Trinajstić information content (AvgIpc) is 2.82. The Labute approximate surface area is 95.3 Å². The minimum atomic E-state index is 0.0231. The van der Waals surface area contributed by atoms with Gasteiger partial charge in [0.25, 0.3) is 0 Å². The predicted octanol–water partition coefficient (Wildman–Crippen LogP) is 0.0394. The second-order valence-electron chi connectivity index (χ2n) is 4.45. The standard InChI is InChI=1S/C11H19N3O2/c1-8-10(7-16)11(13(2)12-8)14-4-3-9(5-14)6-15/h9,15-16H,3-7H2,1-2H3. The highest BCUT2D eigenvalue weighted by Crippen LogP contribution is 2.28. The fourth-order valence-electron chi connectivity index (χ4n) is 2.44. The van der Waals surface area contributed by atoms with Crippen molar-refractivity contribution < 1.29 is 10.2 Å². The van der Waals surface area contributed by atoms with Crippen molar-refractivity contribution in [3.05, 3.63) is 11.3 Å². The first-order valence-electron chi connectivity index (χ1n) is 5.66. The lowest BCUT2D eigenvalue weighted by Crippen LogP contribution is -2.24. The number of hydrogen-bond acceptors (Lipinski definition) is 4. The fraction of sp³-hybridized carbons (Fsp3) is 0.727. The number of aromatic nitrogens is 2. The zero-order valence-corrected chi connectivity index (χ0v) is 9.85. The summed E-state index contributed by atoms with van der Waals surface area (Å²) in [5, 5.41) is 22.8. The van der Waals surface area contributed by atoms with Gasteiger partial charge in [-0.05, 0) is 13.3 Å². The Morgan fingerprint density at radius 2 is 2.19 bits per heavy atom. The maximum Gasteiger partial charge on any atom is 0.132 e. The van der Waals surface area contributed by atoms with Crippen LogP contribution >= 0.6 is 0 Å². The Bertz CT molecular complexity index is 376. The molecule has 0 radical (unpaired) electrons. The van der Waals surface area contributed by atoms with Crippen LogP contribution in [0.5, 0.6) is 0 Å². The van der Waals surface area contributed by atoms with Crippen molar-refractivity contribution in [3.8, 4) is 0 Å². The van der Waals surface area contributed by atoms with Crippen molar-refractivity contribution in [2.24, 2.45) is 13.0 Å². The van der Waals surface area contributed by atoms with Gasteiger partial charge in [0.1, 0.15) is 5.82 Å². The highest BCUT2D eigenvalue weighted by molar-refractivity contribution is 5.50. The van der Waals surface area contributed by atoms with Crippen LogP contribution in [0.4, 0.5) is 5.82 Å². The lowest BCUT2D eigenvalue weighted by molar-refractivity contribution is 0.238. The van der Waals surface area contributed by atoms with E-state index in [-0.39, 0.29) is 13.2 Å². The van der Waals surface area contributed by atoms with Gasteiger partial charge in [-0.15, -0.1) is 0 Å².